The highest BCUT2D eigenvalue weighted by molar-refractivity contribution is 9.10. The lowest BCUT2D eigenvalue weighted by molar-refractivity contribution is -0.138. The van der Waals surface area contributed by atoms with Gasteiger partial charge < -0.3 is 14.5 Å². The van der Waals surface area contributed by atoms with E-state index < -0.39 is 17.6 Å². The molecular weight excluding hydrogens is 482 g/mol. The van der Waals surface area contributed by atoms with E-state index in [1.54, 1.807) is 9.80 Å². The third kappa shape index (κ3) is 5.30. The number of anilines is 1. The van der Waals surface area contributed by atoms with Crippen LogP contribution < -0.4 is 9.64 Å². The number of nitrogens with zero attached hydrogens (tertiary/aromatic N) is 3. The number of alkyl halides is 3. The van der Waals surface area contributed by atoms with Crippen molar-refractivity contribution in [2.45, 2.75) is 6.18 Å². The number of carbonyl (C=O) groups is 1. The second kappa shape index (κ2) is 8.74. The van der Waals surface area contributed by atoms with E-state index in [0.717, 1.165) is 12.3 Å². The van der Waals surface area contributed by atoms with Crippen LogP contribution in [0.15, 0.2) is 34.9 Å². The van der Waals surface area contributed by atoms with Crippen molar-refractivity contribution in [2.24, 2.45) is 0 Å². The largest absolute Gasteiger partial charge is 0.483 e. The standard InChI is InChI=1S/C18H15BrClF4N3O2/c19-13-8-12(21)1-2-15(13)29-10-16(28)26-3-5-27(6-4-26)17-14(20)7-11(9-25-17)18(22,23)24/h1-2,7-9H,3-6,10H2. The van der Waals surface area contributed by atoms with E-state index in [1.807, 2.05) is 0 Å². The second-order valence-corrected chi connectivity index (χ2v) is 7.52. The summed E-state index contributed by atoms with van der Waals surface area (Å²) in [6, 6.07) is 4.72. The normalized spacial score (nSPS) is 14.8. The summed E-state index contributed by atoms with van der Waals surface area (Å²) < 4.78 is 57.1. The van der Waals surface area contributed by atoms with Gasteiger partial charge in [0, 0.05) is 32.4 Å². The van der Waals surface area contributed by atoms with E-state index in [-0.39, 0.29) is 23.4 Å². The topological polar surface area (TPSA) is 45.7 Å². The monoisotopic (exact) mass is 495 g/mol. The van der Waals surface area contributed by atoms with Crippen LogP contribution in [0, 0.1) is 5.82 Å². The molecule has 2 aromatic rings. The molecule has 1 aromatic heterocycles. The van der Waals surface area contributed by atoms with Gasteiger partial charge >= 0.3 is 6.18 Å². The molecular formula is C18H15BrClF4N3O2. The number of benzene rings is 1. The van der Waals surface area contributed by atoms with Crippen LogP contribution in [-0.2, 0) is 11.0 Å². The highest BCUT2D eigenvalue weighted by Gasteiger charge is 2.32. The molecule has 0 radical (unpaired) electrons. The Labute approximate surface area is 177 Å². The third-order valence-corrected chi connectivity index (χ3v) is 5.22. The number of halogens is 6. The Morgan fingerprint density at radius 2 is 1.90 bits per heavy atom. The van der Waals surface area contributed by atoms with Crippen LogP contribution in [0.2, 0.25) is 5.02 Å². The lowest BCUT2D eigenvalue weighted by Gasteiger charge is -2.35. The minimum absolute atomic E-state index is 0.0934. The van der Waals surface area contributed by atoms with Crippen LogP contribution in [0.1, 0.15) is 5.56 Å². The highest BCUT2D eigenvalue weighted by atomic mass is 79.9. The number of rotatable bonds is 4. The molecule has 0 saturated carbocycles. The number of hydrogen-bond donors (Lipinski definition) is 0. The van der Waals surface area contributed by atoms with Crippen molar-refractivity contribution >= 4 is 39.3 Å². The Morgan fingerprint density at radius 3 is 2.48 bits per heavy atom. The lowest BCUT2D eigenvalue weighted by atomic mass is 10.2. The van der Waals surface area contributed by atoms with Crippen molar-refractivity contribution < 1.29 is 27.1 Å². The van der Waals surface area contributed by atoms with Gasteiger partial charge in [0.2, 0.25) is 0 Å². The van der Waals surface area contributed by atoms with Gasteiger partial charge in [0.15, 0.2) is 6.61 Å². The molecule has 0 spiro atoms. The Hall–Kier alpha value is -2.07. The summed E-state index contributed by atoms with van der Waals surface area (Å²) in [6.45, 7) is 1.19. The summed E-state index contributed by atoms with van der Waals surface area (Å²) in [5.41, 5.74) is -0.913. The van der Waals surface area contributed by atoms with Gasteiger partial charge in [-0.05, 0) is 40.2 Å². The van der Waals surface area contributed by atoms with Crippen molar-refractivity contribution in [1.29, 1.82) is 0 Å². The van der Waals surface area contributed by atoms with Gasteiger partial charge in [-0.1, -0.05) is 11.6 Å². The molecule has 3 rings (SSSR count). The van der Waals surface area contributed by atoms with Crippen molar-refractivity contribution in [3.63, 3.8) is 0 Å². The highest BCUT2D eigenvalue weighted by Crippen LogP contribution is 2.33. The second-order valence-electron chi connectivity index (χ2n) is 6.26. The van der Waals surface area contributed by atoms with Crippen molar-refractivity contribution in [3.8, 4) is 5.75 Å². The zero-order valence-electron chi connectivity index (χ0n) is 14.8. The molecule has 1 amide bonds. The summed E-state index contributed by atoms with van der Waals surface area (Å²) in [6.07, 6.45) is -3.77. The molecule has 156 valence electrons. The van der Waals surface area contributed by atoms with E-state index in [1.165, 1.54) is 18.2 Å². The van der Waals surface area contributed by atoms with Gasteiger partial charge in [-0.25, -0.2) is 9.37 Å². The number of ether oxygens (including phenoxy) is 1. The number of amides is 1. The summed E-state index contributed by atoms with van der Waals surface area (Å²) in [5.74, 6) is -0.0908. The zero-order chi connectivity index (χ0) is 21.2. The van der Waals surface area contributed by atoms with E-state index in [2.05, 4.69) is 20.9 Å². The third-order valence-electron chi connectivity index (χ3n) is 4.33. The minimum atomic E-state index is -4.51. The maximum absolute atomic E-state index is 13.1. The molecule has 0 bridgehead atoms. The molecule has 29 heavy (non-hydrogen) atoms. The molecule has 0 N–H and O–H groups in total. The Kier molecular flexibility index (Phi) is 6.52. The summed E-state index contributed by atoms with van der Waals surface area (Å²) in [4.78, 5) is 19.5. The van der Waals surface area contributed by atoms with Gasteiger partial charge in [-0.3, -0.25) is 4.79 Å². The van der Waals surface area contributed by atoms with Crippen LogP contribution in [0.4, 0.5) is 23.4 Å². The predicted octanol–water partition coefficient (Wildman–Crippen LogP) is 4.38. The first-order chi connectivity index (χ1) is 13.6. The molecule has 2 heterocycles. The smallest absolute Gasteiger partial charge is 0.417 e. The molecule has 1 fully saturated rings. The molecule has 1 saturated heterocycles. The molecule has 0 atom stereocenters. The van der Waals surface area contributed by atoms with E-state index in [4.69, 9.17) is 16.3 Å². The van der Waals surface area contributed by atoms with Gasteiger partial charge in [-0.2, -0.15) is 13.2 Å². The number of aromatic nitrogens is 1. The van der Waals surface area contributed by atoms with E-state index >= 15 is 0 Å². The molecule has 1 aliphatic rings. The molecule has 1 aromatic carbocycles. The summed E-state index contributed by atoms with van der Waals surface area (Å²) in [5, 5.41) is -0.0934. The first-order valence-corrected chi connectivity index (χ1v) is 9.65. The number of piperazine rings is 1. The molecule has 1 aliphatic heterocycles. The number of pyridine rings is 1. The Bertz CT molecular complexity index is 905. The average Bonchev–Trinajstić information content (AvgIpc) is 2.66. The number of hydrogen-bond acceptors (Lipinski definition) is 4. The molecule has 0 aliphatic carbocycles. The minimum Gasteiger partial charge on any atom is -0.483 e. The average molecular weight is 497 g/mol. The predicted molar refractivity (Wildman–Crippen MR) is 103 cm³/mol. The summed E-state index contributed by atoms with van der Waals surface area (Å²) >= 11 is 9.14. The van der Waals surface area contributed by atoms with E-state index in [9.17, 15) is 22.4 Å². The van der Waals surface area contributed by atoms with Crippen LogP contribution in [-0.4, -0.2) is 48.6 Å². The van der Waals surface area contributed by atoms with Crippen LogP contribution in [0.25, 0.3) is 0 Å². The number of carbonyl (C=O) groups excluding carboxylic acids is 1. The van der Waals surface area contributed by atoms with Gasteiger partial charge in [-0.15, -0.1) is 0 Å². The van der Waals surface area contributed by atoms with Crippen LogP contribution in [0.3, 0.4) is 0 Å². The fourth-order valence-electron chi connectivity index (χ4n) is 2.81. The molecule has 5 nitrogen and oxygen atoms in total. The maximum atomic E-state index is 13.1. The van der Waals surface area contributed by atoms with Gasteiger partial charge in [0.05, 0.1) is 15.1 Å². The fourth-order valence-corrected chi connectivity index (χ4v) is 3.56. The first-order valence-electron chi connectivity index (χ1n) is 8.48. The van der Waals surface area contributed by atoms with Crippen molar-refractivity contribution in [1.82, 2.24) is 9.88 Å². The molecule has 0 unspecified atom stereocenters. The van der Waals surface area contributed by atoms with Crippen LogP contribution >= 0.6 is 27.5 Å². The fraction of sp³-hybridized carbons (Fsp3) is 0.333. The first kappa shape index (κ1) is 21.6. The maximum Gasteiger partial charge on any atom is 0.417 e. The van der Waals surface area contributed by atoms with Crippen molar-refractivity contribution in [3.05, 3.63) is 51.3 Å². The SMILES string of the molecule is O=C(COc1ccc(F)cc1Br)N1CCN(c2ncc(C(F)(F)F)cc2Cl)CC1. The molecule has 11 heteroatoms. The Balaban J connectivity index is 1.55. The van der Waals surface area contributed by atoms with Gasteiger partial charge in [0.25, 0.3) is 5.91 Å². The van der Waals surface area contributed by atoms with Gasteiger partial charge in [0.1, 0.15) is 17.4 Å². The lowest BCUT2D eigenvalue weighted by Crippen LogP contribution is -2.50. The van der Waals surface area contributed by atoms with E-state index in [0.29, 0.717) is 36.4 Å². The zero-order valence-corrected chi connectivity index (χ0v) is 17.2. The quantitative estimate of drug-likeness (QED) is 0.590. The van der Waals surface area contributed by atoms with Crippen molar-refractivity contribution in [2.75, 3.05) is 37.7 Å². The van der Waals surface area contributed by atoms with Crippen LogP contribution in [0.5, 0.6) is 5.75 Å². The summed E-state index contributed by atoms with van der Waals surface area (Å²) in [7, 11) is 0. The Morgan fingerprint density at radius 1 is 1.21 bits per heavy atom.